The van der Waals surface area contributed by atoms with Gasteiger partial charge in [-0.1, -0.05) is 18.2 Å². The van der Waals surface area contributed by atoms with Crippen LogP contribution in [0.5, 0.6) is 0 Å². The van der Waals surface area contributed by atoms with E-state index in [-0.39, 0.29) is 17.1 Å². The minimum Gasteiger partial charge on any atom is -0.354 e. The Morgan fingerprint density at radius 1 is 1.11 bits per heavy atom. The van der Waals surface area contributed by atoms with Crippen LogP contribution in [-0.2, 0) is 24.7 Å². The number of alkyl halides is 2. The van der Waals surface area contributed by atoms with Crippen molar-refractivity contribution in [3.63, 3.8) is 0 Å². The van der Waals surface area contributed by atoms with Crippen molar-refractivity contribution in [1.29, 1.82) is 0 Å². The number of rotatable bonds is 8. The van der Waals surface area contributed by atoms with E-state index in [0.29, 0.717) is 10.2 Å². The third-order valence-electron chi connectivity index (χ3n) is 5.58. The number of carbonyl (C=O) groups is 2. The number of sulfone groups is 1. The Hall–Kier alpha value is -3.01. The van der Waals surface area contributed by atoms with Gasteiger partial charge in [0.15, 0.2) is 15.1 Å². The molecule has 37 heavy (non-hydrogen) atoms. The highest BCUT2D eigenvalue weighted by molar-refractivity contribution is 7.91. The van der Waals surface area contributed by atoms with Gasteiger partial charge in [0, 0.05) is 18.4 Å². The summed E-state index contributed by atoms with van der Waals surface area (Å²) in [6.45, 7) is -1.55. The van der Waals surface area contributed by atoms with E-state index in [9.17, 15) is 35.2 Å². The van der Waals surface area contributed by atoms with E-state index in [2.05, 4.69) is 10.3 Å². The summed E-state index contributed by atoms with van der Waals surface area (Å²) in [7, 11) is -7.79. The first kappa shape index (κ1) is 27.0. The molecule has 2 amide bonds. The van der Waals surface area contributed by atoms with Gasteiger partial charge in [-0.3, -0.25) is 9.59 Å². The fourth-order valence-electron chi connectivity index (χ4n) is 3.78. The Kier molecular flexibility index (Phi) is 7.09. The molecule has 0 saturated carbocycles. The average Bonchev–Trinajstić information content (AvgIpc) is 3.17. The molecule has 1 fully saturated rings. The number of aromatic nitrogens is 1. The van der Waals surface area contributed by atoms with Crippen LogP contribution in [0.25, 0.3) is 21.3 Å². The van der Waals surface area contributed by atoms with Gasteiger partial charge in [-0.2, -0.15) is 0 Å². The summed E-state index contributed by atoms with van der Waals surface area (Å²) in [6.07, 6.45) is 0.887. The zero-order valence-corrected chi connectivity index (χ0v) is 21.8. The van der Waals surface area contributed by atoms with Crippen molar-refractivity contribution < 1.29 is 35.2 Å². The van der Waals surface area contributed by atoms with Gasteiger partial charge in [0.1, 0.15) is 5.01 Å². The van der Waals surface area contributed by atoms with Gasteiger partial charge in [0.25, 0.3) is 11.8 Å². The topological polar surface area (TPSA) is 157 Å². The molecule has 2 aromatic carbocycles. The van der Waals surface area contributed by atoms with E-state index in [0.717, 1.165) is 33.6 Å². The van der Waals surface area contributed by atoms with Gasteiger partial charge >= 0.3 is 0 Å². The summed E-state index contributed by atoms with van der Waals surface area (Å²) in [6, 6.07) is 11.6. The maximum Gasteiger partial charge on any atom is 0.282 e. The first-order valence-electron chi connectivity index (χ1n) is 10.8. The molecule has 0 aliphatic carbocycles. The van der Waals surface area contributed by atoms with Gasteiger partial charge in [-0.05, 0) is 35.4 Å². The Morgan fingerprint density at radius 2 is 1.73 bits per heavy atom. The molecule has 198 valence electrons. The molecule has 1 unspecified atom stereocenters. The average molecular weight is 573 g/mol. The minimum absolute atomic E-state index is 0.0232. The van der Waals surface area contributed by atoms with Gasteiger partial charge < -0.3 is 10.2 Å². The van der Waals surface area contributed by atoms with Crippen molar-refractivity contribution in [2.45, 2.75) is 11.2 Å². The third kappa shape index (κ3) is 6.29. The van der Waals surface area contributed by atoms with Crippen LogP contribution in [0.3, 0.4) is 0 Å². The molecule has 1 aliphatic rings. The van der Waals surface area contributed by atoms with Crippen LogP contribution in [0.1, 0.15) is 20.6 Å². The molecule has 1 saturated heterocycles. The molecule has 0 radical (unpaired) electrons. The number of hydrogen-bond acceptors (Lipinski definition) is 8. The van der Waals surface area contributed by atoms with E-state index in [1.807, 2.05) is 0 Å². The number of nitrogens with one attached hydrogen (secondary N) is 1. The molecule has 1 atom stereocenters. The number of fused-ring (bicyclic) bond motifs is 1. The van der Waals surface area contributed by atoms with Gasteiger partial charge in [0.05, 0.1) is 29.1 Å². The van der Waals surface area contributed by atoms with Gasteiger partial charge in [-0.15, -0.1) is 11.3 Å². The highest BCUT2D eigenvalue weighted by Gasteiger charge is 2.46. The highest BCUT2D eigenvalue weighted by Crippen LogP contribution is 2.34. The summed E-state index contributed by atoms with van der Waals surface area (Å²) in [5.41, 5.74) is 2.19. The highest BCUT2D eigenvalue weighted by atomic mass is 32.2. The fourth-order valence-corrected chi connectivity index (χ4v) is 6.71. The van der Waals surface area contributed by atoms with E-state index >= 15 is 0 Å². The Bertz CT molecular complexity index is 1580. The number of amides is 2. The number of benzene rings is 2. The molecule has 0 spiro atoms. The second-order valence-corrected chi connectivity index (χ2v) is 13.6. The van der Waals surface area contributed by atoms with E-state index < -0.39 is 61.7 Å². The number of primary sulfonamides is 1. The number of thiazole rings is 1. The van der Waals surface area contributed by atoms with Crippen LogP contribution in [0.2, 0.25) is 0 Å². The molecule has 4 rings (SSSR count). The number of nitrogens with two attached hydrogens (primary N) is 1. The molecule has 1 aromatic heterocycles. The summed E-state index contributed by atoms with van der Waals surface area (Å²) < 4.78 is 73.7. The van der Waals surface area contributed by atoms with Crippen molar-refractivity contribution in [1.82, 2.24) is 15.2 Å². The third-order valence-corrected chi connectivity index (χ3v) is 8.88. The largest absolute Gasteiger partial charge is 0.354 e. The van der Waals surface area contributed by atoms with Crippen LogP contribution in [0.15, 0.2) is 42.5 Å². The van der Waals surface area contributed by atoms with E-state index in [1.54, 1.807) is 42.5 Å². The molecule has 3 N–H and O–H groups in total. The van der Waals surface area contributed by atoms with Crippen LogP contribution in [0, 0.1) is 0 Å². The normalized spacial score (nSPS) is 16.3. The first-order valence-corrected chi connectivity index (χ1v) is 15.3. The lowest BCUT2D eigenvalue weighted by Crippen LogP contribution is -2.58. The van der Waals surface area contributed by atoms with Gasteiger partial charge in [0.2, 0.25) is 15.9 Å². The molecule has 1 aliphatic heterocycles. The first-order chi connectivity index (χ1) is 17.1. The number of halogens is 2. The van der Waals surface area contributed by atoms with Crippen LogP contribution >= 0.6 is 11.3 Å². The molecule has 15 heteroatoms. The summed E-state index contributed by atoms with van der Waals surface area (Å²) in [5, 5.41) is 5.58. The van der Waals surface area contributed by atoms with Crippen molar-refractivity contribution >= 4 is 53.2 Å². The fraction of sp³-hybridized carbons (Fsp3) is 0.318. The zero-order chi connectivity index (χ0) is 27.2. The second kappa shape index (κ2) is 9.70. The molecular formula is C22H22F2N4O6S3. The monoisotopic (exact) mass is 572 g/mol. The zero-order valence-electron chi connectivity index (χ0n) is 19.3. The number of sulfonamides is 1. The predicted molar refractivity (Wildman–Crippen MR) is 134 cm³/mol. The maximum atomic E-state index is 13.1. The van der Waals surface area contributed by atoms with Crippen LogP contribution in [0.4, 0.5) is 8.78 Å². The lowest BCUT2D eigenvalue weighted by molar-refractivity contribution is -0.120. The molecule has 2 heterocycles. The van der Waals surface area contributed by atoms with E-state index in [1.165, 1.54) is 0 Å². The number of nitrogens with zero attached hydrogens (tertiary/aromatic N) is 2. The minimum atomic E-state index is -3.95. The van der Waals surface area contributed by atoms with Crippen molar-refractivity contribution in [2.24, 2.45) is 5.14 Å². The summed E-state index contributed by atoms with van der Waals surface area (Å²) in [5.74, 6) is -4.78. The lowest BCUT2D eigenvalue weighted by Gasteiger charge is -2.38. The molecule has 10 nitrogen and oxygen atoms in total. The lowest BCUT2D eigenvalue weighted by atomic mass is 10.0. The quantitative estimate of drug-likeness (QED) is 0.415. The Morgan fingerprint density at radius 3 is 2.30 bits per heavy atom. The number of hydrogen-bond donors (Lipinski definition) is 2. The summed E-state index contributed by atoms with van der Waals surface area (Å²) in [4.78, 5) is 30.3. The number of likely N-dealkylation sites (tertiary alicyclic amines) is 1. The predicted octanol–water partition coefficient (Wildman–Crippen LogP) is 1.54. The number of carbonyl (C=O) groups excluding carboxylic acids is 2. The summed E-state index contributed by atoms with van der Waals surface area (Å²) >= 11 is 1.00. The van der Waals surface area contributed by atoms with Crippen molar-refractivity contribution in [3.8, 4) is 11.1 Å². The second-order valence-electron chi connectivity index (χ2n) is 8.70. The molecule has 3 aromatic rings. The SMILES string of the molecule is CS(=O)(=O)C(C(=O)NCCS(N)(=O)=O)c1nc2ccc(-c3ccc(C(=O)N4CC(F)(F)C4)cc3)cc2s1. The smallest absolute Gasteiger partial charge is 0.282 e. The Labute approximate surface area is 215 Å². The standard InChI is InChI=1S/C22H22F2N4O6S3/c1-36(31,32)18(19(29)26-8-9-37(25,33)34)20-27-16-7-6-15(10-17(16)35-20)13-2-4-14(5-3-13)21(30)28-11-22(23,24)12-28/h2-7,10,18H,8-9,11-12H2,1H3,(H,26,29)(H2,25,33,34). The van der Waals surface area contributed by atoms with Crippen molar-refractivity contribution in [3.05, 3.63) is 53.0 Å². The van der Waals surface area contributed by atoms with Crippen LogP contribution in [-0.4, -0.2) is 76.1 Å². The molecule has 0 bridgehead atoms. The maximum absolute atomic E-state index is 13.1. The van der Waals surface area contributed by atoms with Gasteiger partial charge in [-0.25, -0.2) is 35.7 Å². The van der Waals surface area contributed by atoms with E-state index in [4.69, 9.17) is 5.14 Å². The van der Waals surface area contributed by atoms with Crippen molar-refractivity contribution in [2.75, 3.05) is 31.6 Å². The Balaban J connectivity index is 1.55. The van der Waals surface area contributed by atoms with Crippen LogP contribution < -0.4 is 10.5 Å². The molecular weight excluding hydrogens is 550 g/mol.